The van der Waals surface area contributed by atoms with E-state index < -0.39 is 23.9 Å². The lowest BCUT2D eigenvalue weighted by atomic mass is 10.6. The number of carbonyl (C=O) groups excluding carboxylic acids is 4. The summed E-state index contributed by atoms with van der Waals surface area (Å²) in [4.78, 5) is 45.5. The maximum atomic E-state index is 11.4. The van der Waals surface area contributed by atoms with Crippen molar-refractivity contribution in [1.29, 1.82) is 0 Å². The number of nitrogens with one attached hydrogen (secondary N) is 4. The van der Waals surface area contributed by atoms with E-state index >= 15 is 0 Å². The van der Waals surface area contributed by atoms with Gasteiger partial charge in [-0.3, -0.25) is 20.2 Å². The molecule has 0 aromatic heterocycles. The molecule has 0 aromatic carbocycles. The normalized spacial score (nSPS) is 16.5. The molecule has 0 bridgehead atoms. The molecular formula is C12H18N4O4S2. The second-order valence-corrected chi connectivity index (χ2v) is 7.58. The summed E-state index contributed by atoms with van der Waals surface area (Å²) in [6.45, 7) is 0. The van der Waals surface area contributed by atoms with Crippen molar-refractivity contribution in [2.45, 2.75) is 37.8 Å². The SMILES string of the molecule is O=C(CSSCC(=O)NC(=O)NC1CC1)NC(=O)NC1CC1. The van der Waals surface area contributed by atoms with E-state index in [0.717, 1.165) is 47.3 Å². The minimum atomic E-state index is -0.479. The quantitative estimate of drug-likeness (QED) is 0.390. The molecule has 0 unspecified atom stereocenters. The van der Waals surface area contributed by atoms with Gasteiger partial charge < -0.3 is 10.6 Å². The summed E-state index contributed by atoms with van der Waals surface area (Å²) in [5.74, 6) is -0.709. The molecule has 122 valence electrons. The smallest absolute Gasteiger partial charge is 0.321 e. The van der Waals surface area contributed by atoms with Crippen molar-refractivity contribution in [3.63, 3.8) is 0 Å². The summed E-state index contributed by atoms with van der Waals surface area (Å²) < 4.78 is 0. The Hall–Kier alpha value is -1.42. The van der Waals surface area contributed by atoms with Crippen LogP contribution in [0.25, 0.3) is 0 Å². The van der Waals surface area contributed by atoms with Crippen molar-refractivity contribution < 1.29 is 19.2 Å². The Morgan fingerprint density at radius 1 is 0.727 bits per heavy atom. The first-order valence-corrected chi connectivity index (χ1v) is 9.47. The third kappa shape index (κ3) is 7.55. The van der Waals surface area contributed by atoms with Gasteiger partial charge in [-0.15, -0.1) is 0 Å². The molecule has 0 radical (unpaired) electrons. The lowest BCUT2D eigenvalue weighted by Gasteiger charge is -2.06. The van der Waals surface area contributed by atoms with Gasteiger partial charge >= 0.3 is 12.1 Å². The predicted octanol–water partition coefficient (Wildman–Crippen LogP) is 0.344. The van der Waals surface area contributed by atoms with Crippen molar-refractivity contribution in [2.75, 3.05) is 11.5 Å². The van der Waals surface area contributed by atoms with Gasteiger partial charge in [0, 0.05) is 12.1 Å². The third-order valence-corrected chi connectivity index (χ3v) is 4.93. The molecule has 0 saturated heterocycles. The molecule has 2 saturated carbocycles. The summed E-state index contributed by atoms with van der Waals surface area (Å²) in [5, 5.41) is 9.70. The van der Waals surface area contributed by atoms with Crippen LogP contribution in [-0.2, 0) is 9.59 Å². The molecule has 22 heavy (non-hydrogen) atoms. The highest BCUT2D eigenvalue weighted by Gasteiger charge is 2.24. The van der Waals surface area contributed by atoms with E-state index in [1.807, 2.05) is 0 Å². The Morgan fingerprint density at radius 2 is 1.09 bits per heavy atom. The van der Waals surface area contributed by atoms with Crippen molar-refractivity contribution in [3.05, 3.63) is 0 Å². The van der Waals surface area contributed by atoms with Crippen LogP contribution in [0.1, 0.15) is 25.7 Å². The average Bonchev–Trinajstić information content (AvgIpc) is 3.31. The highest BCUT2D eigenvalue weighted by atomic mass is 33.1. The molecule has 0 heterocycles. The van der Waals surface area contributed by atoms with E-state index in [4.69, 9.17) is 0 Å². The molecular weight excluding hydrogens is 328 g/mol. The summed E-state index contributed by atoms with van der Waals surface area (Å²) in [6, 6.07) is -0.569. The van der Waals surface area contributed by atoms with Gasteiger partial charge in [0.15, 0.2) is 0 Å². The molecule has 0 atom stereocenters. The lowest BCUT2D eigenvalue weighted by molar-refractivity contribution is -0.118. The summed E-state index contributed by atoms with van der Waals surface area (Å²) >= 11 is 0. The van der Waals surface area contributed by atoms with Crippen molar-refractivity contribution in [3.8, 4) is 0 Å². The zero-order chi connectivity index (χ0) is 15.9. The van der Waals surface area contributed by atoms with E-state index in [1.165, 1.54) is 0 Å². The molecule has 4 N–H and O–H groups in total. The van der Waals surface area contributed by atoms with Gasteiger partial charge in [0.1, 0.15) is 0 Å². The number of hydrogen-bond donors (Lipinski definition) is 4. The minimum Gasteiger partial charge on any atom is -0.335 e. The zero-order valence-corrected chi connectivity index (χ0v) is 13.5. The zero-order valence-electron chi connectivity index (χ0n) is 11.8. The van der Waals surface area contributed by atoms with Crippen molar-refractivity contribution in [1.82, 2.24) is 21.3 Å². The molecule has 0 aliphatic heterocycles. The van der Waals surface area contributed by atoms with Crippen molar-refractivity contribution >= 4 is 45.5 Å². The predicted molar refractivity (Wildman–Crippen MR) is 84.3 cm³/mol. The molecule has 0 aromatic rings. The summed E-state index contributed by atoms with van der Waals surface area (Å²) in [6.07, 6.45) is 3.82. The van der Waals surface area contributed by atoms with Gasteiger partial charge in [0.25, 0.3) is 0 Å². The first kappa shape index (κ1) is 16.9. The first-order valence-electron chi connectivity index (χ1n) is 6.98. The van der Waals surface area contributed by atoms with E-state index in [1.54, 1.807) is 0 Å². The molecule has 6 amide bonds. The summed E-state index contributed by atoms with van der Waals surface area (Å²) in [7, 11) is 2.30. The van der Waals surface area contributed by atoms with Gasteiger partial charge in [-0.05, 0) is 25.7 Å². The number of carbonyl (C=O) groups is 4. The molecule has 2 fully saturated rings. The Bertz CT molecular complexity index is 424. The standard InChI is InChI=1S/C12H18N4O4S2/c17-9(15-11(19)13-7-1-2-7)5-21-22-6-10(18)16-12(20)14-8-3-4-8/h7-8H,1-6H2,(H2,13,15,17,19)(H2,14,16,18,20). The molecule has 10 heteroatoms. The lowest BCUT2D eigenvalue weighted by Crippen LogP contribution is -2.41. The number of amides is 6. The number of rotatable bonds is 7. The van der Waals surface area contributed by atoms with Crippen LogP contribution in [0.3, 0.4) is 0 Å². The fourth-order valence-corrected chi connectivity index (χ4v) is 3.08. The first-order chi connectivity index (χ1) is 10.5. The fourth-order valence-electron chi connectivity index (χ4n) is 1.41. The minimum absolute atomic E-state index is 0.0598. The van der Waals surface area contributed by atoms with E-state index in [-0.39, 0.29) is 23.6 Å². The van der Waals surface area contributed by atoms with Crippen LogP contribution < -0.4 is 21.3 Å². The van der Waals surface area contributed by atoms with Crippen LogP contribution in [0.2, 0.25) is 0 Å². The average molecular weight is 346 g/mol. The second-order valence-electron chi connectivity index (χ2n) is 5.12. The van der Waals surface area contributed by atoms with Gasteiger partial charge in [-0.2, -0.15) is 0 Å². The summed E-state index contributed by atoms with van der Waals surface area (Å²) in [5.41, 5.74) is 0. The highest BCUT2D eigenvalue weighted by Crippen LogP contribution is 2.21. The van der Waals surface area contributed by atoms with Crippen molar-refractivity contribution in [2.24, 2.45) is 0 Å². The highest BCUT2D eigenvalue weighted by molar-refractivity contribution is 8.77. The van der Waals surface area contributed by atoms with Gasteiger partial charge in [0.05, 0.1) is 11.5 Å². The van der Waals surface area contributed by atoms with Crippen LogP contribution in [0.4, 0.5) is 9.59 Å². The largest absolute Gasteiger partial charge is 0.335 e. The topological polar surface area (TPSA) is 116 Å². The van der Waals surface area contributed by atoms with Crippen LogP contribution in [-0.4, -0.2) is 47.5 Å². The van der Waals surface area contributed by atoms with Crippen LogP contribution in [0.15, 0.2) is 0 Å². The molecule has 2 rings (SSSR count). The third-order valence-electron chi connectivity index (χ3n) is 2.79. The van der Waals surface area contributed by atoms with Crippen LogP contribution in [0, 0.1) is 0 Å². The van der Waals surface area contributed by atoms with E-state index in [0.29, 0.717) is 0 Å². The van der Waals surface area contributed by atoms with Gasteiger partial charge in [0.2, 0.25) is 11.8 Å². The molecule has 8 nitrogen and oxygen atoms in total. The van der Waals surface area contributed by atoms with Crippen LogP contribution in [0.5, 0.6) is 0 Å². The van der Waals surface area contributed by atoms with E-state index in [2.05, 4.69) is 21.3 Å². The van der Waals surface area contributed by atoms with E-state index in [9.17, 15) is 19.2 Å². The Balaban J connectivity index is 1.46. The Morgan fingerprint density at radius 3 is 1.41 bits per heavy atom. The fraction of sp³-hybridized carbons (Fsp3) is 0.667. The number of hydrogen-bond acceptors (Lipinski definition) is 6. The number of imide groups is 2. The monoisotopic (exact) mass is 346 g/mol. The molecule has 2 aliphatic carbocycles. The molecule has 2 aliphatic rings. The van der Waals surface area contributed by atoms with Gasteiger partial charge in [-0.1, -0.05) is 21.6 Å². The second kappa shape index (κ2) is 8.28. The Labute approximate surface area is 135 Å². The maximum absolute atomic E-state index is 11.4. The maximum Gasteiger partial charge on any atom is 0.321 e. The van der Waals surface area contributed by atoms with Gasteiger partial charge in [-0.25, -0.2) is 9.59 Å². The number of urea groups is 2. The van der Waals surface area contributed by atoms with Crippen LogP contribution >= 0.6 is 21.6 Å². The molecule has 0 spiro atoms. The Kier molecular flexibility index (Phi) is 6.37.